The Labute approximate surface area is 489 Å². The van der Waals surface area contributed by atoms with E-state index in [-0.39, 0.29) is 18.9 Å². The third kappa shape index (κ3) is 28.6. The first-order valence-corrected chi connectivity index (χ1v) is 31.2. The Hall–Kier alpha value is -2.77. The maximum Gasteiger partial charge on any atom is 0.220 e. The molecule has 0 aromatic rings. The van der Waals surface area contributed by atoms with Crippen LogP contribution < -0.4 is 5.32 Å². The number of aliphatic hydroxyl groups excluding tert-OH is 11. The SMILES string of the molecule is CC/C=C\C/C=C\C/C=C\C/C=C\C/C=C\CCCCCCCCCCCCCCCCCCCC(=O)NC(COC1OC(CO)C(OC2OC(CO)C(OC3OC(CO)C(O)C(O)C3O)C(O)C2O)C(O)C1O)C(O)/C=C/CCCC. The van der Waals surface area contributed by atoms with Crippen LogP contribution in [0.1, 0.15) is 187 Å². The molecule has 0 spiro atoms. The van der Waals surface area contributed by atoms with E-state index in [2.05, 4.69) is 73.0 Å². The van der Waals surface area contributed by atoms with Crippen LogP contribution in [0.4, 0.5) is 0 Å². The second-order valence-electron chi connectivity index (χ2n) is 22.1. The predicted octanol–water partition coefficient (Wildman–Crippen LogP) is 6.21. The quantitative estimate of drug-likeness (QED) is 0.0238. The Bertz CT molecular complexity index is 1780. The highest BCUT2D eigenvalue weighted by atomic mass is 16.8. The van der Waals surface area contributed by atoms with Gasteiger partial charge < -0.3 is 89.9 Å². The second kappa shape index (κ2) is 45.5. The zero-order valence-electron chi connectivity index (χ0n) is 49.4. The van der Waals surface area contributed by atoms with Crippen molar-refractivity contribution in [3.63, 3.8) is 0 Å². The first-order valence-electron chi connectivity index (χ1n) is 31.2. The van der Waals surface area contributed by atoms with E-state index in [0.29, 0.717) is 12.8 Å². The van der Waals surface area contributed by atoms with Crippen LogP contribution in [0, 0.1) is 0 Å². The molecule has 12 N–H and O–H groups in total. The van der Waals surface area contributed by atoms with Crippen molar-refractivity contribution in [2.24, 2.45) is 0 Å². The molecule has 3 saturated heterocycles. The summed E-state index contributed by atoms with van der Waals surface area (Å²) >= 11 is 0. The number of allylic oxidation sites excluding steroid dienone is 11. The van der Waals surface area contributed by atoms with Crippen LogP contribution in [-0.2, 0) is 33.2 Å². The van der Waals surface area contributed by atoms with E-state index in [1.54, 1.807) is 6.08 Å². The van der Waals surface area contributed by atoms with E-state index >= 15 is 0 Å². The molecule has 17 unspecified atom stereocenters. The molecule has 0 bridgehead atoms. The highest BCUT2D eigenvalue weighted by Crippen LogP contribution is 2.33. The largest absolute Gasteiger partial charge is 0.394 e. The monoisotopic (exact) mass is 1170 g/mol. The number of hydrogen-bond acceptors (Lipinski definition) is 18. The maximum atomic E-state index is 13.2. The number of carbonyl (C=O) groups is 1. The summed E-state index contributed by atoms with van der Waals surface area (Å²) in [6, 6.07) is -0.970. The minimum absolute atomic E-state index is 0.239. The molecule has 19 heteroatoms. The molecule has 0 aromatic heterocycles. The van der Waals surface area contributed by atoms with Crippen LogP contribution in [0.15, 0.2) is 72.9 Å². The summed E-state index contributed by atoms with van der Waals surface area (Å²) in [6.07, 6.45) is 28.7. The van der Waals surface area contributed by atoms with Gasteiger partial charge in [0, 0.05) is 6.42 Å². The lowest BCUT2D eigenvalue weighted by molar-refractivity contribution is -0.379. The molecule has 1 amide bonds. The van der Waals surface area contributed by atoms with Gasteiger partial charge in [0.2, 0.25) is 5.91 Å². The lowest BCUT2D eigenvalue weighted by Gasteiger charge is -2.48. The lowest BCUT2D eigenvalue weighted by atomic mass is 9.96. The van der Waals surface area contributed by atoms with Crippen molar-refractivity contribution >= 4 is 5.91 Å². The number of aliphatic hydroxyl groups is 11. The molecule has 3 fully saturated rings. The standard InChI is InChI=1S/C63H109NO18/c1-3-5-7-9-10-11-12-13-14-15-16-17-18-19-20-21-22-23-24-25-26-27-28-29-30-31-32-33-34-35-36-37-39-41-51(69)64-46(47(68)40-38-8-6-4-2)45-77-61-57(75)54(72)59(49(43-66)79-61)82-63-58(76)55(73)60(50(44-67)80-63)81-62-56(74)53(71)52(70)48(42-65)78-62/h5,7,10-11,13-14,16-17,19-20,38,40,46-50,52-63,65-68,70-76H,3-4,6,8-9,12,15,18,21-37,39,41-45H2,1-2H3,(H,64,69)/b7-5-,11-10-,14-13-,17-16-,20-19-,40-38+. The highest BCUT2D eigenvalue weighted by Gasteiger charge is 2.53. The average Bonchev–Trinajstić information content (AvgIpc) is 3.49. The number of nitrogens with one attached hydrogen (secondary N) is 1. The molecule has 0 radical (unpaired) electrons. The van der Waals surface area contributed by atoms with Crippen LogP contribution in [0.25, 0.3) is 0 Å². The van der Waals surface area contributed by atoms with Crippen molar-refractivity contribution in [2.75, 3.05) is 26.4 Å². The summed E-state index contributed by atoms with van der Waals surface area (Å²) in [4.78, 5) is 13.2. The molecule has 3 aliphatic rings. The van der Waals surface area contributed by atoms with Gasteiger partial charge in [-0.15, -0.1) is 0 Å². The summed E-state index contributed by atoms with van der Waals surface area (Å²) in [5.41, 5.74) is 0. The molecule has 0 aromatic carbocycles. The van der Waals surface area contributed by atoms with E-state index in [9.17, 15) is 61.0 Å². The summed E-state index contributed by atoms with van der Waals surface area (Å²) in [6.45, 7) is 1.42. The van der Waals surface area contributed by atoms with Gasteiger partial charge in [-0.2, -0.15) is 0 Å². The fraction of sp³-hybridized carbons (Fsp3) is 0.794. The topological polar surface area (TPSA) is 307 Å². The smallest absolute Gasteiger partial charge is 0.220 e. The Morgan fingerprint density at radius 1 is 0.451 bits per heavy atom. The van der Waals surface area contributed by atoms with Crippen LogP contribution >= 0.6 is 0 Å². The Morgan fingerprint density at radius 2 is 0.841 bits per heavy atom. The van der Waals surface area contributed by atoms with Gasteiger partial charge in [-0.3, -0.25) is 4.79 Å². The summed E-state index contributed by atoms with van der Waals surface area (Å²) in [7, 11) is 0. The minimum atomic E-state index is -1.98. The van der Waals surface area contributed by atoms with Crippen LogP contribution in [-0.4, -0.2) is 193 Å². The number of ether oxygens (including phenoxy) is 6. The molecule has 474 valence electrons. The number of rotatable bonds is 45. The normalized spacial score (nSPS) is 30.1. The number of hydrogen-bond donors (Lipinski definition) is 12. The Morgan fingerprint density at radius 3 is 1.30 bits per heavy atom. The molecule has 3 aliphatic heterocycles. The molecule has 82 heavy (non-hydrogen) atoms. The van der Waals surface area contributed by atoms with Crippen molar-refractivity contribution < 1.29 is 89.4 Å². The first kappa shape index (κ1) is 73.5. The summed E-state index contributed by atoms with van der Waals surface area (Å²) in [5, 5.41) is 119. The first-order chi connectivity index (χ1) is 39.8. The van der Waals surface area contributed by atoms with Gasteiger partial charge in [-0.25, -0.2) is 0 Å². The van der Waals surface area contributed by atoms with Gasteiger partial charge in [0.1, 0.15) is 73.2 Å². The third-order valence-corrected chi connectivity index (χ3v) is 15.3. The van der Waals surface area contributed by atoms with E-state index in [1.165, 1.54) is 89.9 Å². The zero-order chi connectivity index (χ0) is 59.7. The fourth-order valence-corrected chi connectivity index (χ4v) is 10.1. The van der Waals surface area contributed by atoms with Gasteiger partial charge in [0.15, 0.2) is 18.9 Å². The van der Waals surface area contributed by atoms with Gasteiger partial charge in [0.25, 0.3) is 0 Å². The second-order valence-corrected chi connectivity index (χ2v) is 22.1. The van der Waals surface area contributed by atoms with Gasteiger partial charge in [0.05, 0.1) is 38.6 Å². The molecule has 3 rings (SSSR count). The van der Waals surface area contributed by atoms with Crippen LogP contribution in [0.5, 0.6) is 0 Å². The number of carbonyl (C=O) groups excluding carboxylic acids is 1. The van der Waals surface area contributed by atoms with Crippen molar-refractivity contribution in [1.82, 2.24) is 5.32 Å². The summed E-state index contributed by atoms with van der Waals surface area (Å²) < 4.78 is 34.0. The van der Waals surface area contributed by atoms with Crippen molar-refractivity contribution in [1.29, 1.82) is 0 Å². The summed E-state index contributed by atoms with van der Waals surface area (Å²) in [5.74, 6) is -0.287. The van der Waals surface area contributed by atoms with Crippen molar-refractivity contribution in [2.45, 2.75) is 291 Å². The van der Waals surface area contributed by atoms with Gasteiger partial charge >= 0.3 is 0 Å². The molecule has 3 heterocycles. The van der Waals surface area contributed by atoms with Crippen LogP contribution in [0.3, 0.4) is 0 Å². The van der Waals surface area contributed by atoms with Crippen LogP contribution in [0.2, 0.25) is 0 Å². The van der Waals surface area contributed by atoms with Gasteiger partial charge in [-0.05, 0) is 57.8 Å². The van der Waals surface area contributed by atoms with Crippen molar-refractivity contribution in [3.05, 3.63) is 72.9 Å². The molecule has 19 nitrogen and oxygen atoms in total. The lowest BCUT2D eigenvalue weighted by Crippen LogP contribution is -2.66. The Balaban J connectivity index is 1.28. The highest BCUT2D eigenvalue weighted by molar-refractivity contribution is 5.76. The minimum Gasteiger partial charge on any atom is -0.394 e. The van der Waals surface area contributed by atoms with E-state index in [0.717, 1.165) is 64.2 Å². The predicted molar refractivity (Wildman–Crippen MR) is 314 cm³/mol. The maximum absolute atomic E-state index is 13.2. The fourth-order valence-electron chi connectivity index (χ4n) is 10.1. The number of unbranched alkanes of at least 4 members (excludes halogenated alkanes) is 19. The zero-order valence-corrected chi connectivity index (χ0v) is 49.4. The molecule has 17 atom stereocenters. The number of amides is 1. The van der Waals surface area contributed by atoms with E-state index in [1.807, 2.05) is 13.0 Å². The van der Waals surface area contributed by atoms with Crippen molar-refractivity contribution in [3.8, 4) is 0 Å². The van der Waals surface area contributed by atoms with E-state index < -0.39 is 124 Å². The molecular weight excluding hydrogens is 1060 g/mol. The molecule has 0 aliphatic carbocycles. The Kier molecular flexibility index (Phi) is 40.8. The average molecular weight is 1170 g/mol. The molecule has 0 saturated carbocycles. The van der Waals surface area contributed by atoms with E-state index in [4.69, 9.17) is 28.4 Å². The third-order valence-electron chi connectivity index (χ3n) is 15.3. The van der Waals surface area contributed by atoms with Gasteiger partial charge in [-0.1, -0.05) is 196 Å². The molecular formula is C63H109NO18.